The van der Waals surface area contributed by atoms with Gasteiger partial charge in [-0.05, 0) is 79.1 Å². The van der Waals surface area contributed by atoms with Gasteiger partial charge in [0.05, 0.1) is 51.6 Å². The first kappa shape index (κ1) is 68.0. The second-order valence-corrected chi connectivity index (χ2v) is 19.6. The number of ketones is 2. The molecule has 418 valence electrons. The summed E-state index contributed by atoms with van der Waals surface area (Å²) in [4.78, 5) is 90.4. The van der Waals surface area contributed by atoms with E-state index in [-0.39, 0.29) is 72.2 Å². The van der Waals surface area contributed by atoms with Gasteiger partial charge in [-0.2, -0.15) is 0 Å². The third-order valence-electron chi connectivity index (χ3n) is 10.8. The number of Topliss-reactive ketones (excluding diaryl/α,β-unsaturated/α-hetero) is 2. The molecule has 5 rings (SSSR count). The normalized spacial score (nSPS) is 18.6. The van der Waals surface area contributed by atoms with Gasteiger partial charge in [-0.3, -0.25) is 38.4 Å². The van der Waals surface area contributed by atoms with Crippen LogP contribution in [0.5, 0.6) is 0 Å². The van der Waals surface area contributed by atoms with Gasteiger partial charge < -0.3 is 59.9 Å². The van der Waals surface area contributed by atoms with Crippen LogP contribution in [-0.2, 0) is 47.7 Å². The maximum Gasteiger partial charge on any atom is 0.273 e. The molecule has 0 unspecified atom stereocenters. The van der Waals surface area contributed by atoms with Crippen LogP contribution in [-0.4, -0.2) is 147 Å². The summed E-state index contributed by atoms with van der Waals surface area (Å²) in [5, 5.41) is 22.5. The van der Waals surface area contributed by atoms with Crippen LogP contribution in [0.2, 0.25) is 0 Å². The molecule has 2 aromatic heterocycles. The molecule has 2 saturated heterocycles. The van der Waals surface area contributed by atoms with Gasteiger partial charge in [0, 0.05) is 38.4 Å². The molecule has 4 heterocycles. The molecule has 22 heteroatoms. The van der Waals surface area contributed by atoms with Gasteiger partial charge in [0.15, 0.2) is 23.0 Å². The number of aryl methyl sites for hydroxylation is 2. The van der Waals surface area contributed by atoms with Gasteiger partial charge in [-0.1, -0.05) is 77.0 Å². The van der Waals surface area contributed by atoms with Crippen molar-refractivity contribution in [2.45, 2.75) is 163 Å². The van der Waals surface area contributed by atoms with Gasteiger partial charge in [0.2, 0.25) is 24.6 Å². The van der Waals surface area contributed by atoms with Gasteiger partial charge in [0.25, 0.3) is 11.8 Å². The number of rotatable bonds is 24. The summed E-state index contributed by atoms with van der Waals surface area (Å²) >= 11 is 0. The Morgan fingerprint density at radius 3 is 1.26 bits per heavy atom. The number of hydrogen-bond donors (Lipinski definition) is 6. The number of carbonyl (C=O) groups is 8. The molecule has 74 heavy (non-hydrogen) atoms. The minimum absolute atomic E-state index is 0.0375. The van der Waals surface area contributed by atoms with Crippen molar-refractivity contribution >= 4 is 48.0 Å². The highest BCUT2D eigenvalue weighted by molar-refractivity contribution is 5.97. The Morgan fingerprint density at radius 2 is 1.03 bits per heavy atom. The molecule has 1 saturated carbocycles. The fraction of sp³-hybridized carbons (Fsp3) is 0.692. The highest BCUT2D eigenvalue weighted by Crippen LogP contribution is 2.30. The van der Waals surface area contributed by atoms with Gasteiger partial charge in [-0.25, -0.2) is 0 Å². The first-order valence-electron chi connectivity index (χ1n) is 25.0. The van der Waals surface area contributed by atoms with Crippen molar-refractivity contribution in [1.82, 2.24) is 42.2 Å². The lowest BCUT2D eigenvalue weighted by Gasteiger charge is -2.21. The molecule has 6 atom stereocenters. The molecule has 6 N–H and O–H groups in total. The van der Waals surface area contributed by atoms with Gasteiger partial charge in [-0.15, -0.1) is 12.3 Å². The van der Waals surface area contributed by atoms with Crippen LogP contribution >= 0.6 is 0 Å². The summed E-state index contributed by atoms with van der Waals surface area (Å²) in [6.45, 7) is 24.1. The maximum atomic E-state index is 12.1. The molecule has 3 fully saturated rings. The van der Waals surface area contributed by atoms with Crippen molar-refractivity contribution in [2.24, 2.45) is 17.8 Å². The van der Waals surface area contributed by atoms with Crippen LogP contribution in [0.4, 0.5) is 0 Å². The third-order valence-corrected chi connectivity index (χ3v) is 10.8. The predicted molar refractivity (Wildman–Crippen MR) is 276 cm³/mol. The summed E-state index contributed by atoms with van der Waals surface area (Å²) in [5.74, 6) is 3.65. The first-order valence-corrected chi connectivity index (χ1v) is 25.0. The van der Waals surface area contributed by atoms with Crippen LogP contribution in [0.1, 0.15) is 147 Å². The quantitative estimate of drug-likeness (QED) is 0.0492. The Balaban J connectivity index is 0.000000907. The van der Waals surface area contributed by atoms with E-state index in [2.05, 4.69) is 61.5 Å². The largest absolute Gasteiger partial charge is 0.383 e. The molecule has 1 aliphatic carbocycles. The number of amides is 6. The molecule has 0 aromatic carbocycles. The van der Waals surface area contributed by atoms with Crippen molar-refractivity contribution in [3.8, 4) is 12.3 Å². The van der Waals surface area contributed by atoms with E-state index in [9.17, 15) is 38.4 Å². The molecular formula is C52H86N8O14. The lowest BCUT2D eigenvalue weighted by Crippen LogP contribution is -2.48. The van der Waals surface area contributed by atoms with Crippen molar-refractivity contribution in [3.63, 3.8) is 0 Å². The number of epoxide rings is 2. The number of nitrogens with one attached hydrogen (secondary N) is 6. The van der Waals surface area contributed by atoms with Crippen LogP contribution in [0.15, 0.2) is 21.2 Å². The van der Waals surface area contributed by atoms with Crippen molar-refractivity contribution in [1.29, 1.82) is 0 Å². The second-order valence-electron chi connectivity index (χ2n) is 19.6. The molecule has 0 radical (unpaired) electrons. The smallest absolute Gasteiger partial charge is 0.273 e. The number of hydrogen-bond acceptors (Lipinski definition) is 16. The zero-order valence-electron chi connectivity index (χ0n) is 46.2. The van der Waals surface area contributed by atoms with E-state index >= 15 is 0 Å². The average molecular weight is 1050 g/mol. The van der Waals surface area contributed by atoms with Crippen LogP contribution < -0.4 is 31.9 Å². The zero-order chi connectivity index (χ0) is 56.4. The molecule has 0 spiro atoms. The number of ether oxygens (including phenoxy) is 4. The highest BCUT2D eigenvalue weighted by Gasteiger charge is 2.51. The van der Waals surface area contributed by atoms with Crippen LogP contribution in [0.3, 0.4) is 0 Å². The van der Waals surface area contributed by atoms with Gasteiger partial charge >= 0.3 is 0 Å². The summed E-state index contributed by atoms with van der Waals surface area (Å²) in [6.07, 6.45) is 14.1. The lowest BCUT2D eigenvalue weighted by molar-refractivity contribution is -0.130. The summed E-state index contributed by atoms with van der Waals surface area (Å²) in [6, 6.07) is 2.00. The molecule has 2 aromatic rings. The van der Waals surface area contributed by atoms with Gasteiger partial charge in [0.1, 0.15) is 22.7 Å². The molecular weight excluding hydrogens is 961 g/mol. The fourth-order valence-corrected chi connectivity index (χ4v) is 6.84. The molecule has 6 amide bonds. The van der Waals surface area contributed by atoms with E-state index in [0.29, 0.717) is 75.0 Å². The Morgan fingerprint density at radius 1 is 0.689 bits per heavy atom. The van der Waals surface area contributed by atoms with E-state index in [1.54, 1.807) is 61.0 Å². The Labute approximate surface area is 437 Å². The summed E-state index contributed by atoms with van der Waals surface area (Å²) in [7, 11) is 3.17. The number of aromatic nitrogens is 2. The Bertz CT molecular complexity index is 1900. The van der Waals surface area contributed by atoms with E-state index in [4.69, 9.17) is 28.0 Å². The Hall–Kier alpha value is -6.02. The molecule has 22 nitrogen and oxygen atoms in total. The lowest BCUT2D eigenvalue weighted by atomic mass is 9.91. The minimum Gasteiger partial charge on any atom is -0.383 e. The summed E-state index contributed by atoms with van der Waals surface area (Å²) in [5.41, 5.74) is -0.897. The van der Waals surface area contributed by atoms with E-state index in [0.717, 1.165) is 5.92 Å². The van der Waals surface area contributed by atoms with E-state index < -0.39 is 23.3 Å². The molecule has 2 aliphatic heterocycles. The SMILES string of the molecule is C#CC.CC(C)C[C@H](NC(=O)CNC=O)C(=O)[C@@]1(C)CO1.CC(C)C[C@H](NC(=O)CNC=O)C(=O)[C@@]1(C)CO1.CC1CCCCC1.COC[C@@H](C)NC(=O)c1cc(C)on1.COC[C@@H](C)NC(=O)c1cc(C)on1. The number of terminal acetylenes is 1. The standard InChI is InChI=1S/2C12H20N2O4.2C9H14N2O3.C7H14.C3H4/c2*1-8(2)4-9(11(17)12(3)6-18-12)14-10(16)5-13-7-15;2*1-6(5-13-3)10-9(12)8-4-7(2)14-11-8;1-7-5-3-2-4-6-7;1-3-2/h2*7-9H,4-6H2,1-3H3,(H,13,15)(H,14,16);2*4,6H,5H2,1-3H3,(H,10,12);7H,2-6H2,1H3;1H,2H3/t2*9-,12+;2*6-;;/m0011../s1. The maximum absolute atomic E-state index is 12.1. The second kappa shape index (κ2) is 36.8. The highest BCUT2D eigenvalue weighted by atomic mass is 16.6. The minimum atomic E-state index is -0.745. The summed E-state index contributed by atoms with van der Waals surface area (Å²) < 4.78 is 29.6. The molecule has 3 aliphatic rings. The van der Waals surface area contributed by atoms with Crippen LogP contribution in [0, 0.1) is 43.9 Å². The van der Waals surface area contributed by atoms with Crippen molar-refractivity contribution < 1.29 is 66.3 Å². The average Bonchev–Trinajstić information content (AvgIpc) is 4.16. The van der Waals surface area contributed by atoms with E-state index in [1.165, 1.54) is 32.1 Å². The zero-order valence-corrected chi connectivity index (χ0v) is 46.2. The predicted octanol–water partition coefficient (Wildman–Crippen LogP) is 3.96. The first-order chi connectivity index (χ1) is 34.8. The number of methoxy groups -OCH3 is 2. The number of nitrogens with zero attached hydrogens (tertiary/aromatic N) is 2. The van der Waals surface area contributed by atoms with E-state index in [1.807, 2.05) is 41.5 Å². The monoisotopic (exact) mass is 1050 g/mol. The number of carbonyl (C=O) groups excluding carboxylic acids is 8. The van der Waals surface area contributed by atoms with Crippen molar-refractivity contribution in [2.75, 3.05) is 53.7 Å². The molecule has 0 bridgehead atoms. The van der Waals surface area contributed by atoms with Crippen LogP contribution in [0.25, 0.3) is 0 Å². The Kier molecular flexibility index (Phi) is 33.8. The third kappa shape index (κ3) is 30.2. The fourth-order valence-electron chi connectivity index (χ4n) is 6.84. The van der Waals surface area contributed by atoms with Crippen molar-refractivity contribution in [3.05, 3.63) is 35.0 Å². The topological polar surface area (TPSA) is 304 Å².